The van der Waals surface area contributed by atoms with Crippen LogP contribution in [-0.4, -0.2) is 101 Å². The van der Waals surface area contributed by atoms with E-state index >= 15 is 0 Å². The van der Waals surface area contributed by atoms with Crippen LogP contribution in [0.25, 0.3) is 0 Å². The lowest BCUT2D eigenvalue weighted by atomic mass is 9.86. The molecule has 0 unspecified atom stereocenters. The zero-order valence-corrected chi connectivity index (χ0v) is 27.7. The van der Waals surface area contributed by atoms with Crippen molar-refractivity contribution in [2.75, 3.05) is 13.7 Å². The van der Waals surface area contributed by atoms with Crippen molar-refractivity contribution in [3.05, 3.63) is 113 Å². The summed E-state index contributed by atoms with van der Waals surface area (Å²) in [6.45, 7) is -1.19. The number of phenols is 1. The summed E-state index contributed by atoms with van der Waals surface area (Å²) >= 11 is 0. The van der Waals surface area contributed by atoms with Crippen molar-refractivity contribution >= 4 is 52.0 Å². The highest BCUT2D eigenvalue weighted by molar-refractivity contribution is 6.01. The predicted octanol–water partition coefficient (Wildman–Crippen LogP) is 1.63. The van der Waals surface area contributed by atoms with E-state index in [9.17, 15) is 90.4 Å². The molecule has 2 aliphatic rings. The van der Waals surface area contributed by atoms with Gasteiger partial charge in [-0.05, 0) is 6.07 Å². The fourth-order valence-electron chi connectivity index (χ4n) is 5.78. The van der Waals surface area contributed by atoms with Gasteiger partial charge in [-0.3, -0.25) is 60.7 Å². The van der Waals surface area contributed by atoms with Crippen molar-refractivity contribution in [3.8, 4) is 17.2 Å². The number of carbonyl (C=O) groups is 3. The van der Waals surface area contributed by atoms with Gasteiger partial charge < -0.3 is 39.0 Å². The highest BCUT2D eigenvalue weighted by atomic mass is 16.7. The van der Waals surface area contributed by atoms with Crippen LogP contribution in [0.15, 0.2) is 30.3 Å². The second-order valence-corrected chi connectivity index (χ2v) is 11.4. The number of ether oxygens (including phenoxy) is 5. The molecule has 1 saturated heterocycles. The number of fused-ring (bicyclic) bond motifs is 3. The number of methoxy groups -OCH3 is 1. The Balaban J connectivity index is 1.51. The zero-order chi connectivity index (χ0) is 42.4. The molecule has 0 radical (unpaired) electrons. The monoisotopic (exact) mass is 806 g/mol. The third-order valence-corrected chi connectivity index (χ3v) is 8.26. The summed E-state index contributed by atoms with van der Waals surface area (Å²) in [4.78, 5) is 100. The topological polar surface area (TPSA) is 417 Å². The summed E-state index contributed by atoms with van der Waals surface area (Å²) in [5.74, 6) is -8.10. The molecule has 0 aliphatic carbocycles. The standard InChI is InChI=1S/C28H18N6O23/c1-53-23-15(56-28(40)19-13(33(49)50)4-9(30(43)44)5-14(19)34(51)52)6-10-17(21(23)36)24-25(57-26(10)38)22(37)20(35)16(55-24)7-54-27(39)18-11(31(45)46)2-8(29(41)42)3-12(18)32(47)48/h2-6,16,20,22,24-25,35-37H,7H2,1H3/t16-,20-,22+,24+,25-/m1/s1. The largest absolute Gasteiger partial charge is 0.504 e. The minimum Gasteiger partial charge on any atom is -0.504 e. The SMILES string of the molecule is COc1c(OC(=O)c2c([N+](=O)[O-])cc([N+](=O)[O-])cc2[N+](=O)[O-])cc2c(c1O)[C@@H]1O[C@H](COC(=O)c3c([N+](=O)[O-])cc([N+](=O)[O-])cc3[N+](=O)[O-])[C@@H](O)[C@H](O)[C@H]1OC2=O. The number of carbonyl (C=O) groups excluding carboxylic acids is 3. The van der Waals surface area contributed by atoms with Crippen LogP contribution in [-0.2, 0) is 14.2 Å². The van der Waals surface area contributed by atoms with Crippen LogP contribution < -0.4 is 9.47 Å². The molecule has 2 heterocycles. The third kappa shape index (κ3) is 7.16. The zero-order valence-electron chi connectivity index (χ0n) is 27.7. The molecule has 1 fully saturated rings. The highest BCUT2D eigenvalue weighted by Gasteiger charge is 2.53. The molecule has 298 valence electrons. The Morgan fingerprint density at radius 2 is 1.18 bits per heavy atom. The maximum Gasteiger partial charge on any atom is 0.357 e. The minimum absolute atomic E-state index is 0.227. The third-order valence-electron chi connectivity index (χ3n) is 8.26. The molecule has 5 rings (SSSR count). The number of nitrogens with zero attached hydrogens (tertiary/aromatic N) is 6. The molecular weight excluding hydrogens is 788 g/mol. The fraction of sp³-hybridized carbons (Fsp3) is 0.250. The lowest BCUT2D eigenvalue weighted by Crippen LogP contribution is -2.58. The second-order valence-electron chi connectivity index (χ2n) is 11.4. The summed E-state index contributed by atoms with van der Waals surface area (Å²) in [6.07, 6.45) is -9.90. The molecule has 57 heavy (non-hydrogen) atoms. The van der Waals surface area contributed by atoms with E-state index < -0.39 is 158 Å². The number of aliphatic hydroxyl groups is 2. The van der Waals surface area contributed by atoms with Crippen molar-refractivity contribution in [2.24, 2.45) is 0 Å². The number of aromatic hydroxyl groups is 1. The quantitative estimate of drug-likeness (QED) is 0.101. The molecule has 2 aliphatic heterocycles. The number of phenolic OH excluding ortho intramolecular Hbond substituents is 1. The van der Waals surface area contributed by atoms with Gasteiger partial charge >= 0.3 is 17.9 Å². The van der Waals surface area contributed by atoms with Gasteiger partial charge in [0.15, 0.2) is 17.6 Å². The maximum atomic E-state index is 13.2. The van der Waals surface area contributed by atoms with Crippen LogP contribution in [0, 0.1) is 60.7 Å². The molecule has 29 nitrogen and oxygen atoms in total. The van der Waals surface area contributed by atoms with Gasteiger partial charge in [-0.2, -0.15) is 0 Å². The Hall–Kier alpha value is -8.05. The van der Waals surface area contributed by atoms with Crippen LogP contribution in [0.3, 0.4) is 0 Å². The number of nitro groups is 6. The first-order valence-electron chi connectivity index (χ1n) is 15.0. The van der Waals surface area contributed by atoms with Gasteiger partial charge in [-0.15, -0.1) is 0 Å². The van der Waals surface area contributed by atoms with Crippen molar-refractivity contribution in [2.45, 2.75) is 30.5 Å². The van der Waals surface area contributed by atoms with E-state index in [1.807, 2.05) is 0 Å². The van der Waals surface area contributed by atoms with Crippen LogP contribution in [0.4, 0.5) is 34.1 Å². The van der Waals surface area contributed by atoms with Crippen molar-refractivity contribution < 1.29 is 82.9 Å². The van der Waals surface area contributed by atoms with Crippen LogP contribution in [0.2, 0.25) is 0 Å². The number of esters is 3. The lowest BCUT2D eigenvalue weighted by molar-refractivity contribution is -0.403. The number of nitro benzene ring substituents is 6. The van der Waals surface area contributed by atoms with Crippen molar-refractivity contribution in [1.29, 1.82) is 0 Å². The number of aliphatic hydroxyl groups excluding tert-OH is 2. The van der Waals surface area contributed by atoms with Crippen LogP contribution in [0.5, 0.6) is 17.2 Å². The molecule has 3 aromatic rings. The Bertz CT molecular complexity index is 2280. The molecule has 0 aromatic heterocycles. The van der Waals surface area contributed by atoms with E-state index in [1.165, 1.54) is 0 Å². The summed E-state index contributed by atoms with van der Waals surface area (Å²) in [5, 5.41) is 102. The molecule has 5 atom stereocenters. The lowest BCUT2D eigenvalue weighted by Gasteiger charge is -2.44. The van der Waals surface area contributed by atoms with E-state index in [0.29, 0.717) is 6.07 Å². The Labute approximate surface area is 310 Å². The number of non-ortho nitro benzene ring substituents is 2. The molecule has 29 heteroatoms. The molecule has 0 saturated carbocycles. The Morgan fingerprint density at radius 1 is 0.719 bits per heavy atom. The van der Waals surface area contributed by atoms with Crippen molar-refractivity contribution in [3.63, 3.8) is 0 Å². The van der Waals surface area contributed by atoms with Crippen molar-refractivity contribution in [1.82, 2.24) is 0 Å². The van der Waals surface area contributed by atoms with Gasteiger partial charge in [0.2, 0.25) is 16.9 Å². The van der Waals surface area contributed by atoms with Gasteiger partial charge in [0.05, 0.1) is 66.5 Å². The van der Waals surface area contributed by atoms with E-state index in [2.05, 4.69) is 0 Å². The summed E-state index contributed by atoms with van der Waals surface area (Å²) in [7, 11) is 0.855. The average molecular weight is 806 g/mol. The van der Waals surface area contributed by atoms with Crippen LogP contribution >= 0.6 is 0 Å². The average Bonchev–Trinajstić information content (AvgIpc) is 3.14. The van der Waals surface area contributed by atoms with Gasteiger partial charge in [-0.1, -0.05) is 0 Å². The molecule has 0 spiro atoms. The van der Waals surface area contributed by atoms with Crippen LogP contribution in [0.1, 0.15) is 42.7 Å². The number of benzene rings is 3. The summed E-state index contributed by atoms with van der Waals surface area (Å²) in [6, 6.07) is 1.56. The van der Waals surface area contributed by atoms with Gasteiger partial charge in [-0.25, -0.2) is 14.4 Å². The maximum absolute atomic E-state index is 13.2. The second kappa shape index (κ2) is 15.0. The molecule has 3 aromatic carbocycles. The normalized spacial score (nSPS) is 19.5. The molecule has 0 bridgehead atoms. The van der Waals surface area contributed by atoms with E-state index in [1.54, 1.807) is 0 Å². The summed E-state index contributed by atoms with van der Waals surface area (Å²) < 4.78 is 25.8. The number of hydrogen-bond acceptors (Lipinski definition) is 23. The first kappa shape index (κ1) is 40.1. The predicted molar refractivity (Wildman–Crippen MR) is 172 cm³/mol. The smallest absolute Gasteiger partial charge is 0.357 e. The fourth-order valence-corrected chi connectivity index (χ4v) is 5.78. The Morgan fingerprint density at radius 3 is 1.60 bits per heavy atom. The highest BCUT2D eigenvalue weighted by Crippen LogP contribution is 2.51. The van der Waals surface area contributed by atoms with E-state index in [0.717, 1.165) is 7.11 Å². The van der Waals surface area contributed by atoms with E-state index in [4.69, 9.17) is 23.7 Å². The number of rotatable bonds is 12. The van der Waals surface area contributed by atoms with Gasteiger partial charge in [0.25, 0.3) is 34.1 Å². The first-order chi connectivity index (χ1) is 26.7. The van der Waals surface area contributed by atoms with E-state index in [-0.39, 0.29) is 24.3 Å². The molecular formula is C28H18N6O23. The minimum atomic E-state index is -2.14. The number of hydrogen-bond donors (Lipinski definition) is 3. The van der Waals surface area contributed by atoms with Gasteiger partial charge in [0, 0.05) is 5.56 Å². The molecule has 0 amide bonds. The first-order valence-corrected chi connectivity index (χ1v) is 15.0. The molecule has 3 N–H and O–H groups in total. The Kier molecular flexibility index (Phi) is 10.6. The van der Waals surface area contributed by atoms with Gasteiger partial charge in [0.1, 0.15) is 31.0 Å². The summed E-state index contributed by atoms with van der Waals surface area (Å²) in [5.41, 5.74) is -12.1.